The van der Waals surface area contributed by atoms with Crippen molar-refractivity contribution in [1.29, 1.82) is 0 Å². The molecule has 1 unspecified atom stereocenters. The minimum absolute atomic E-state index is 0.0404. The zero-order chi connectivity index (χ0) is 24.0. The summed E-state index contributed by atoms with van der Waals surface area (Å²) in [6, 6.07) is 5.59. The third kappa shape index (κ3) is 5.76. The number of hydrogen-bond acceptors (Lipinski definition) is 8. The van der Waals surface area contributed by atoms with Gasteiger partial charge in [-0.05, 0) is 12.8 Å². The van der Waals surface area contributed by atoms with Gasteiger partial charge in [-0.1, -0.05) is 44.7 Å². The maximum atomic E-state index is 12.6. The maximum absolute atomic E-state index is 12.6. The zero-order valence-corrected chi connectivity index (χ0v) is 18.2. The Labute approximate surface area is 185 Å². The Balaban J connectivity index is 1.87. The van der Waals surface area contributed by atoms with Gasteiger partial charge in [0, 0.05) is 16.7 Å². The fourth-order valence-corrected chi connectivity index (χ4v) is 2.82. The summed E-state index contributed by atoms with van der Waals surface area (Å²) in [4.78, 5) is 60.9. The van der Waals surface area contributed by atoms with Crippen LogP contribution in [0.3, 0.4) is 0 Å². The number of benzene rings is 1. The van der Waals surface area contributed by atoms with Gasteiger partial charge in [0.05, 0.1) is 12.6 Å². The lowest BCUT2D eigenvalue weighted by Crippen LogP contribution is -2.44. The Bertz CT molecular complexity index is 1010. The first-order valence-corrected chi connectivity index (χ1v) is 10.0. The van der Waals surface area contributed by atoms with Gasteiger partial charge in [0.1, 0.15) is 13.0 Å². The van der Waals surface area contributed by atoms with Crippen LogP contribution in [0.4, 0.5) is 0 Å². The molecule has 1 atom stereocenters. The number of ether oxygens (including phenoxy) is 2. The lowest BCUT2D eigenvalue weighted by molar-refractivity contribution is -0.146. The van der Waals surface area contributed by atoms with E-state index in [1.54, 1.807) is 26.0 Å². The van der Waals surface area contributed by atoms with Crippen LogP contribution in [0.1, 0.15) is 47.9 Å². The third-order valence-corrected chi connectivity index (χ3v) is 4.83. The van der Waals surface area contributed by atoms with Gasteiger partial charge < -0.3 is 20.5 Å². The first kappa shape index (κ1) is 24.7. The Kier molecular flexibility index (Phi) is 8.20. The molecule has 1 aliphatic rings. The molecule has 170 valence electrons. The second-order valence-electron chi connectivity index (χ2n) is 7.56. The maximum Gasteiger partial charge on any atom is 0.313 e. The molecule has 1 aromatic carbocycles. The van der Waals surface area contributed by atoms with Gasteiger partial charge >= 0.3 is 5.97 Å². The van der Waals surface area contributed by atoms with E-state index >= 15 is 0 Å². The molecule has 0 bridgehead atoms. The predicted molar refractivity (Wildman–Crippen MR) is 114 cm³/mol. The lowest BCUT2D eigenvalue weighted by Gasteiger charge is -2.19. The molecule has 1 amide bonds. The molecule has 0 heterocycles. The molecule has 0 aliphatic heterocycles. The molecule has 2 rings (SSSR count). The molecule has 9 nitrogen and oxygen atoms in total. The van der Waals surface area contributed by atoms with E-state index in [-0.39, 0.29) is 47.4 Å². The molecule has 0 radical (unpaired) electrons. The van der Waals surface area contributed by atoms with Crippen LogP contribution in [0.15, 0.2) is 47.9 Å². The Morgan fingerprint density at radius 2 is 1.69 bits per heavy atom. The van der Waals surface area contributed by atoms with Crippen LogP contribution < -0.4 is 11.1 Å². The normalized spacial score (nSPS) is 14.0. The van der Waals surface area contributed by atoms with Crippen molar-refractivity contribution in [2.45, 2.75) is 33.2 Å². The van der Waals surface area contributed by atoms with Gasteiger partial charge in [0.15, 0.2) is 17.3 Å². The first-order chi connectivity index (χ1) is 15.0. The van der Waals surface area contributed by atoms with E-state index in [9.17, 15) is 24.0 Å². The summed E-state index contributed by atoms with van der Waals surface area (Å²) >= 11 is 0. The van der Waals surface area contributed by atoms with Gasteiger partial charge in [-0.15, -0.1) is 0 Å². The monoisotopic (exact) mass is 442 g/mol. The molecule has 1 aliphatic carbocycles. The van der Waals surface area contributed by atoms with E-state index in [0.29, 0.717) is 0 Å². The number of hydrogen-bond donors (Lipinski definition) is 2. The second-order valence-corrected chi connectivity index (χ2v) is 7.56. The van der Waals surface area contributed by atoms with E-state index < -0.39 is 41.5 Å². The van der Waals surface area contributed by atoms with Gasteiger partial charge in [-0.2, -0.15) is 0 Å². The van der Waals surface area contributed by atoms with Gasteiger partial charge in [0.2, 0.25) is 17.5 Å². The van der Waals surface area contributed by atoms with Crippen LogP contribution in [0.25, 0.3) is 0 Å². The zero-order valence-electron chi connectivity index (χ0n) is 18.2. The first-order valence-electron chi connectivity index (χ1n) is 10.0. The van der Waals surface area contributed by atoms with Gasteiger partial charge in [-0.25, -0.2) is 0 Å². The largest absolute Gasteiger partial charge is 0.463 e. The number of Topliss-reactive ketones (excluding diaryl/α,β-unsaturated/α-hetero) is 3. The number of nitrogens with two attached hydrogens (primary N) is 1. The van der Waals surface area contributed by atoms with Crippen molar-refractivity contribution in [3.63, 3.8) is 0 Å². The SMILES string of the molecule is C=C(OC1=C(C)C(=O)c2ccccc2C1=O)C(=O)CC(=O)OCCNC(=O)C(N)C(C)C. The molecular weight excluding hydrogens is 416 g/mol. The summed E-state index contributed by atoms with van der Waals surface area (Å²) in [6.45, 7) is 8.37. The highest BCUT2D eigenvalue weighted by molar-refractivity contribution is 6.26. The van der Waals surface area contributed by atoms with Crippen LogP contribution in [-0.4, -0.2) is 48.4 Å². The van der Waals surface area contributed by atoms with Crippen molar-refractivity contribution in [3.8, 4) is 0 Å². The number of allylic oxidation sites excluding steroid dienone is 3. The number of rotatable bonds is 10. The molecule has 32 heavy (non-hydrogen) atoms. The molecular formula is C23H26N2O7. The number of carbonyl (C=O) groups is 5. The van der Waals surface area contributed by atoms with Crippen molar-refractivity contribution in [3.05, 3.63) is 59.1 Å². The number of fused-ring (bicyclic) bond motifs is 1. The highest BCUT2D eigenvalue weighted by atomic mass is 16.5. The fraction of sp³-hybridized carbons (Fsp3) is 0.348. The second kappa shape index (κ2) is 10.6. The van der Waals surface area contributed by atoms with Gasteiger partial charge in [0.25, 0.3) is 0 Å². The molecule has 9 heteroatoms. The van der Waals surface area contributed by atoms with Crippen LogP contribution in [0.5, 0.6) is 0 Å². The summed E-state index contributed by atoms with van der Waals surface area (Å²) in [7, 11) is 0. The third-order valence-electron chi connectivity index (χ3n) is 4.83. The molecule has 1 aromatic rings. The molecule has 0 spiro atoms. The van der Waals surface area contributed by atoms with Crippen molar-refractivity contribution in [2.75, 3.05) is 13.2 Å². The predicted octanol–water partition coefficient (Wildman–Crippen LogP) is 1.47. The van der Waals surface area contributed by atoms with Crippen molar-refractivity contribution in [2.24, 2.45) is 11.7 Å². The summed E-state index contributed by atoms with van der Waals surface area (Å²) in [5, 5.41) is 2.53. The van der Waals surface area contributed by atoms with E-state index in [1.807, 2.05) is 0 Å². The number of ketones is 3. The fourth-order valence-electron chi connectivity index (χ4n) is 2.82. The van der Waals surface area contributed by atoms with Crippen molar-refractivity contribution < 1.29 is 33.4 Å². The number of amides is 1. The topological polar surface area (TPSA) is 142 Å². The average Bonchev–Trinajstić information content (AvgIpc) is 2.76. The number of carbonyl (C=O) groups excluding carboxylic acids is 5. The lowest BCUT2D eigenvalue weighted by atomic mass is 9.89. The highest BCUT2D eigenvalue weighted by Gasteiger charge is 2.32. The van der Waals surface area contributed by atoms with Crippen LogP contribution >= 0.6 is 0 Å². The van der Waals surface area contributed by atoms with Crippen LogP contribution in [0, 0.1) is 5.92 Å². The molecule has 0 aromatic heterocycles. The molecule has 0 fully saturated rings. The minimum atomic E-state index is -0.857. The molecule has 3 N–H and O–H groups in total. The van der Waals surface area contributed by atoms with Crippen molar-refractivity contribution >= 4 is 29.2 Å². The Morgan fingerprint density at radius 1 is 1.09 bits per heavy atom. The molecule has 0 saturated carbocycles. The Morgan fingerprint density at radius 3 is 2.28 bits per heavy atom. The van der Waals surface area contributed by atoms with Gasteiger partial charge in [-0.3, -0.25) is 24.0 Å². The van der Waals surface area contributed by atoms with Crippen molar-refractivity contribution in [1.82, 2.24) is 5.32 Å². The van der Waals surface area contributed by atoms with Crippen LogP contribution in [0.2, 0.25) is 0 Å². The highest BCUT2D eigenvalue weighted by Crippen LogP contribution is 2.28. The minimum Gasteiger partial charge on any atom is -0.463 e. The number of nitrogens with one attached hydrogen (secondary N) is 1. The van der Waals surface area contributed by atoms with E-state index in [1.165, 1.54) is 19.1 Å². The van der Waals surface area contributed by atoms with Crippen LogP contribution in [-0.2, 0) is 23.9 Å². The number of esters is 1. The quantitative estimate of drug-likeness (QED) is 0.182. The molecule has 0 saturated heterocycles. The summed E-state index contributed by atoms with van der Waals surface area (Å²) in [5.41, 5.74) is 6.16. The average molecular weight is 442 g/mol. The summed E-state index contributed by atoms with van der Waals surface area (Å²) in [5.74, 6) is -3.79. The Hall–Kier alpha value is -3.59. The standard InChI is InChI=1S/C23H26N2O7/c1-12(2)19(24)23(30)25-9-10-31-18(27)11-17(26)14(4)32-22-13(3)20(28)15-7-5-6-8-16(15)21(22)29/h5-8,12,19H,4,9-11,24H2,1-3H3,(H,25,30). The summed E-state index contributed by atoms with van der Waals surface area (Å²) < 4.78 is 10.2. The summed E-state index contributed by atoms with van der Waals surface area (Å²) in [6.07, 6.45) is -0.677. The smallest absolute Gasteiger partial charge is 0.313 e. The van der Waals surface area contributed by atoms with E-state index in [0.717, 1.165) is 0 Å². The van der Waals surface area contributed by atoms with E-state index in [2.05, 4.69) is 11.9 Å². The van der Waals surface area contributed by atoms with E-state index in [4.69, 9.17) is 15.2 Å².